The number of rotatable bonds is 7. The Labute approximate surface area is 182 Å². The number of hydrogen-bond donors (Lipinski definition) is 1. The zero-order valence-corrected chi connectivity index (χ0v) is 18.5. The van der Waals surface area contributed by atoms with Crippen molar-refractivity contribution in [1.82, 2.24) is 24.3 Å². The predicted molar refractivity (Wildman–Crippen MR) is 122 cm³/mol. The van der Waals surface area contributed by atoms with E-state index in [0.29, 0.717) is 24.4 Å². The van der Waals surface area contributed by atoms with Gasteiger partial charge in [0.2, 0.25) is 5.91 Å². The van der Waals surface area contributed by atoms with Crippen molar-refractivity contribution in [3.8, 4) is 5.82 Å². The van der Waals surface area contributed by atoms with Gasteiger partial charge in [0.05, 0.1) is 28.6 Å². The minimum Gasteiger partial charge on any atom is -0.325 e. The van der Waals surface area contributed by atoms with E-state index in [1.807, 2.05) is 47.9 Å². The summed E-state index contributed by atoms with van der Waals surface area (Å²) >= 11 is 0. The molecule has 160 valence electrons. The predicted octanol–water partition coefficient (Wildman–Crippen LogP) is 4.46. The number of para-hydroxylation sites is 2. The van der Waals surface area contributed by atoms with Crippen molar-refractivity contribution in [2.24, 2.45) is 5.92 Å². The van der Waals surface area contributed by atoms with Gasteiger partial charge in [0.1, 0.15) is 12.1 Å². The summed E-state index contributed by atoms with van der Waals surface area (Å²) in [5.74, 6) is 1.26. The highest BCUT2D eigenvalue weighted by atomic mass is 16.1. The lowest BCUT2D eigenvalue weighted by Gasteiger charge is -2.09. The van der Waals surface area contributed by atoms with Crippen LogP contribution in [0.5, 0.6) is 0 Å². The molecule has 4 aromatic rings. The lowest BCUT2D eigenvalue weighted by atomic mass is 10.1. The molecule has 7 nitrogen and oxygen atoms in total. The lowest BCUT2D eigenvalue weighted by Crippen LogP contribution is -2.13. The first-order chi connectivity index (χ1) is 14.9. The van der Waals surface area contributed by atoms with Crippen molar-refractivity contribution >= 4 is 22.6 Å². The number of hydrogen-bond acceptors (Lipinski definition) is 4. The van der Waals surface area contributed by atoms with Gasteiger partial charge in [0.25, 0.3) is 0 Å². The Morgan fingerprint density at radius 2 is 1.90 bits per heavy atom. The number of aromatic nitrogens is 5. The second-order valence-corrected chi connectivity index (χ2v) is 8.28. The summed E-state index contributed by atoms with van der Waals surface area (Å²) in [4.78, 5) is 21.4. The van der Waals surface area contributed by atoms with Crippen LogP contribution in [-0.2, 0) is 17.8 Å². The van der Waals surface area contributed by atoms with E-state index in [9.17, 15) is 4.79 Å². The van der Waals surface area contributed by atoms with Gasteiger partial charge in [-0.25, -0.2) is 9.97 Å². The summed E-state index contributed by atoms with van der Waals surface area (Å²) in [6.07, 6.45) is 4.52. The summed E-state index contributed by atoms with van der Waals surface area (Å²) in [6.45, 7) is 9.34. The van der Waals surface area contributed by atoms with E-state index in [-0.39, 0.29) is 5.91 Å². The third kappa shape index (κ3) is 4.50. The quantitative estimate of drug-likeness (QED) is 0.482. The number of amides is 1. The van der Waals surface area contributed by atoms with Crippen molar-refractivity contribution in [1.29, 1.82) is 0 Å². The van der Waals surface area contributed by atoms with Crippen molar-refractivity contribution in [2.75, 3.05) is 5.32 Å². The van der Waals surface area contributed by atoms with Gasteiger partial charge in [-0.2, -0.15) is 5.10 Å². The first kappa shape index (κ1) is 20.8. The number of imidazole rings is 1. The summed E-state index contributed by atoms with van der Waals surface area (Å²) in [5.41, 5.74) is 5.92. The largest absolute Gasteiger partial charge is 0.325 e. The smallest absolute Gasteiger partial charge is 0.224 e. The molecular formula is C24H28N6O. The summed E-state index contributed by atoms with van der Waals surface area (Å²) < 4.78 is 3.98. The van der Waals surface area contributed by atoms with Gasteiger partial charge < -0.3 is 5.32 Å². The number of benzene rings is 1. The maximum absolute atomic E-state index is 12.5. The van der Waals surface area contributed by atoms with E-state index in [1.165, 1.54) is 0 Å². The van der Waals surface area contributed by atoms with Crippen LogP contribution in [0.4, 0.5) is 5.69 Å². The molecule has 0 fully saturated rings. The van der Waals surface area contributed by atoms with Crippen LogP contribution in [0.1, 0.15) is 37.2 Å². The molecule has 0 spiro atoms. The summed E-state index contributed by atoms with van der Waals surface area (Å²) in [7, 11) is 0. The SMILES string of the molecule is Cc1nn(CC(C)C)c(C)c1CCC(=O)Nc1ccc(-n2cnc3ccccc32)nc1. The maximum atomic E-state index is 12.5. The Balaban J connectivity index is 1.39. The fraction of sp³-hybridized carbons (Fsp3) is 0.333. The van der Waals surface area contributed by atoms with Crippen LogP contribution in [0.3, 0.4) is 0 Å². The van der Waals surface area contributed by atoms with Crippen molar-refractivity contribution in [3.05, 3.63) is 65.9 Å². The van der Waals surface area contributed by atoms with E-state index in [0.717, 1.165) is 40.3 Å². The van der Waals surface area contributed by atoms with E-state index < -0.39 is 0 Å². The average molecular weight is 417 g/mol. The van der Waals surface area contributed by atoms with Crippen LogP contribution in [0.15, 0.2) is 48.9 Å². The molecule has 0 saturated carbocycles. The van der Waals surface area contributed by atoms with Crippen molar-refractivity contribution in [2.45, 2.75) is 47.1 Å². The Bertz CT molecular complexity index is 1200. The van der Waals surface area contributed by atoms with Gasteiger partial charge in [-0.3, -0.25) is 14.0 Å². The van der Waals surface area contributed by atoms with Crippen LogP contribution >= 0.6 is 0 Å². The highest BCUT2D eigenvalue weighted by Gasteiger charge is 2.14. The number of carbonyl (C=O) groups is 1. The van der Waals surface area contributed by atoms with Crippen LogP contribution in [0.25, 0.3) is 16.9 Å². The topological polar surface area (TPSA) is 77.6 Å². The van der Waals surface area contributed by atoms with Gasteiger partial charge in [-0.05, 0) is 56.0 Å². The molecule has 31 heavy (non-hydrogen) atoms. The summed E-state index contributed by atoms with van der Waals surface area (Å²) in [6, 6.07) is 11.7. The molecule has 0 radical (unpaired) electrons. The fourth-order valence-electron chi connectivity index (χ4n) is 3.83. The van der Waals surface area contributed by atoms with Gasteiger partial charge in [0.15, 0.2) is 0 Å². The molecular weight excluding hydrogens is 388 g/mol. The molecule has 0 bridgehead atoms. The van der Waals surface area contributed by atoms with Gasteiger partial charge >= 0.3 is 0 Å². The third-order valence-electron chi connectivity index (χ3n) is 5.40. The molecule has 3 aromatic heterocycles. The molecule has 0 atom stereocenters. The normalized spacial score (nSPS) is 11.4. The molecule has 7 heteroatoms. The monoisotopic (exact) mass is 416 g/mol. The Hall–Kier alpha value is -3.48. The first-order valence-corrected chi connectivity index (χ1v) is 10.6. The molecule has 0 aliphatic heterocycles. The number of anilines is 1. The van der Waals surface area contributed by atoms with E-state index >= 15 is 0 Å². The third-order valence-corrected chi connectivity index (χ3v) is 5.40. The fourth-order valence-corrected chi connectivity index (χ4v) is 3.83. The van der Waals surface area contributed by atoms with Crippen molar-refractivity contribution < 1.29 is 4.79 Å². The molecule has 1 N–H and O–H groups in total. The number of fused-ring (bicyclic) bond motifs is 1. The molecule has 3 heterocycles. The molecule has 0 aliphatic carbocycles. The van der Waals surface area contributed by atoms with E-state index in [1.54, 1.807) is 12.5 Å². The average Bonchev–Trinajstić information content (AvgIpc) is 3.28. The van der Waals surface area contributed by atoms with Crippen LogP contribution in [0, 0.1) is 19.8 Å². The van der Waals surface area contributed by atoms with Gasteiger partial charge in [0, 0.05) is 18.7 Å². The lowest BCUT2D eigenvalue weighted by molar-refractivity contribution is -0.116. The standard InChI is InChI=1S/C24H28N6O/c1-16(2)14-30-18(4)20(17(3)28-30)10-12-24(31)27-19-9-11-23(25-13-19)29-15-26-21-7-5-6-8-22(21)29/h5-9,11,13,15-16H,10,12,14H2,1-4H3,(H,27,31). The summed E-state index contributed by atoms with van der Waals surface area (Å²) in [5, 5.41) is 7.58. The Kier molecular flexibility index (Phi) is 5.84. The first-order valence-electron chi connectivity index (χ1n) is 10.6. The Morgan fingerprint density at radius 1 is 1.10 bits per heavy atom. The molecule has 0 aliphatic rings. The molecule has 4 rings (SSSR count). The van der Waals surface area contributed by atoms with Crippen molar-refractivity contribution in [3.63, 3.8) is 0 Å². The maximum Gasteiger partial charge on any atom is 0.224 e. The minimum atomic E-state index is -0.0296. The second kappa shape index (κ2) is 8.71. The van der Waals surface area contributed by atoms with Crippen LogP contribution in [-0.4, -0.2) is 30.2 Å². The highest BCUT2D eigenvalue weighted by molar-refractivity contribution is 5.90. The zero-order valence-electron chi connectivity index (χ0n) is 18.5. The molecule has 1 aromatic carbocycles. The van der Waals surface area contributed by atoms with Crippen LogP contribution < -0.4 is 5.32 Å². The Morgan fingerprint density at radius 3 is 2.65 bits per heavy atom. The second-order valence-electron chi connectivity index (χ2n) is 8.28. The number of nitrogens with zero attached hydrogens (tertiary/aromatic N) is 5. The minimum absolute atomic E-state index is 0.0296. The molecule has 0 unspecified atom stereocenters. The van der Waals surface area contributed by atoms with E-state index in [2.05, 4.69) is 45.8 Å². The zero-order chi connectivity index (χ0) is 22.0. The number of nitrogens with one attached hydrogen (secondary N) is 1. The number of carbonyl (C=O) groups excluding carboxylic acids is 1. The number of pyridine rings is 1. The molecule has 0 saturated heterocycles. The number of aryl methyl sites for hydroxylation is 1. The van der Waals surface area contributed by atoms with Crippen LogP contribution in [0.2, 0.25) is 0 Å². The van der Waals surface area contributed by atoms with Gasteiger partial charge in [-0.1, -0.05) is 26.0 Å². The van der Waals surface area contributed by atoms with Gasteiger partial charge in [-0.15, -0.1) is 0 Å². The molecule has 1 amide bonds. The highest BCUT2D eigenvalue weighted by Crippen LogP contribution is 2.19. The van der Waals surface area contributed by atoms with E-state index in [4.69, 9.17) is 0 Å².